The van der Waals surface area contributed by atoms with Crippen LogP contribution >= 0.6 is 11.6 Å². The first-order valence-electron chi connectivity index (χ1n) is 3.72. The summed E-state index contributed by atoms with van der Waals surface area (Å²) in [7, 11) is 1.75. The lowest BCUT2D eigenvalue weighted by atomic mass is 10.2. The molecule has 0 aliphatic heterocycles. The topological polar surface area (TPSA) is 64.1 Å². The molecule has 0 radical (unpaired) electrons. The van der Waals surface area contributed by atoms with Crippen molar-refractivity contribution < 1.29 is 5.11 Å². The van der Waals surface area contributed by atoms with Gasteiger partial charge < -0.3 is 15.4 Å². The van der Waals surface area contributed by atoms with Crippen molar-refractivity contribution >= 4 is 11.6 Å². The number of nitrogens with two attached hydrogens (primary N) is 1. The van der Waals surface area contributed by atoms with Crippen LogP contribution in [0.4, 0.5) is 0 Å². The Morgan fingerprint density at radius 2 is 2.50 bits per heavy atom. The molecule has 0 saturated carbocycles. The molecule has 4 nitrogen and oxygen atoms in total. The number of hydrogen-bond donors (Lipinski definition) is 2. The molecular weight excluding hydrogens is 178 g/mol. The van der Waals surface area contributed by atoms with E-state index in [9.17, 15) is 5.11 Å². The molecule has 0 spiro atoms. The molecule has 0 aliphatic carbocycles. The van der Waals surface area contributed by atoms with E-state index in [1.165, 1.54) is 6.20 Å². The van der Waals surface area contributed by atoms with E-state index in [0.29, 0.717) is 23.9 Å². The summed E-state index contributed by atoms with van der Waals surface area (Å²) in [6.07, 6.45) is 1.39. The molecule has 1 unspecified atom stereocenters. The molecule has 0 aliphatic rings. The van der Waals surface area contributed by atoms with Crippen LogP contribution in [0.25, 0.3) is 0 Å². The van der Waals surface area contributed by atoms with Crippen LogP contribution < -0.4 is 5.73 Å². The van der Waals surface area contributed by atoms with Crippen molar-refractivity contribution in [2.24, 2.45) is 12.8 Å². The fourth-order valence-electron chi connectivity index (χ4n) is 0.999. The summed E-state index contributed by atoms with van der Waals surface area (Å²) in [6, 6.07) is 0. The zero-order valence-electron chi connectivity index (χ0n) is 6.87. The largest absolute Gasteiger partial charge is 0.385 e. The summed E-state index contributed by atoms with van der Waals surface area (Å²) in [5.41, 5.74) is 5.29. The van der Waals surface area contributed by atoms with Crippen LogP contribution in [0.1, 0.15) is 18.3 Å². The maximum Gasteiger partial charge on any atom is 0.138 e. The van der Waals surface area contributed by atoms with E-state index < -0.39 is 6.10 Å². The van der Waals surface area contributed by atoms with E-state index in [1.54, 1.807) is 11.6 Å². The van der Waals surface area contributed by atoms with Gasteiger partial charge in [-0.3, -0.25) is 0 Å². The third-order valence-corrected chi connectivity index (χ3v) is 2.06. The average molecular weight is 190 g/mol. The molecule has 1 atom stereocenters. The molecule has 0 amide bonds. The monoisotopic (exact) mass is 189 g/mol. The Bertz CT molecular complexity index is 261. The number of aromatic nitrogens is 2. The summed E-state index contributed by atoms with van der Waals surface area (Å²) in [6.45, 7) is 0.436. The molecule has 0 bridgehead atoms. The number of imidazole rings is 1. The van der Waals surface area contributed by atoms with Crippen LogP contribution in [-0.4, -0.2) is 21.2 Å². The lowest BCUT2D eigenvalue weighted by Gasteiger charge is -2.08. The van der Waals surface area contributed by atoms with Crippen molar-refractivity contribution in [3.05, 3.63) is 17.2 Å². The quantitative estimate of drug-likeness (QED) is 0.726. The van der Waals surface area contributed by atoms with Crippen molar-refractivity contribution in [1.29, 1.82) is 0 Å². The Morgan fingerprint density at radius 3 is 2.92 bits per heavy atom. The number of nitrogens with zero attached hydrogens (tertiary/aromatic N) is 2. The Labute approximate surface area is 76.0 Å². The fraction of sp³-hybridized carbons (Fsp3) is 0.571. The average Bonchev–Trinajstić information content (AvgIpc) is 2.34. The molecule has 0 fully saturated rings. The first kappa shape index (κ1) is 9.51. The van der Waals surface area contributed by atoms with Gasteiger partial charge in [-0.2, -0.15) is 0 Å². The second-order valence-electron chi connectivity index (χ2n) is 2.59. The van der Waals surface area contributed by atoms with Crippen LogP contribution in [0.2, 0.25) is 5.15 Å². The van der Waals surface area contributed by atoms with Crippen molar-refractivity contribution in [2.45, 2.75) is 12.5 Å². The number of aliphatic hydroxyl groups is 1. The Morgan fingerprint density at radius 1 is 1.83 bits per heavy atom. The first-order valence-corrected chi connectivity index (χ1v) is 4.10. The molecule has 1 rings (SSSR count). The normalized spacial score (nSPS) is 13.3. The minimum atomic E-state index is -0.618. The van der Waals surface area contributed by atoms with Crippen molar-refractivity contribution in [3.8, 4) is 0 Å². The van der Waals surface area contributed by atoms with Gasteiger partial charge in [-0.15, -0.1) is 0 Å². The van der Waals surface area contributed by atoms with Crippen molar-refractivity contribution in [3.63, 3.8) is 0 Å². The molecule has 1 heterocycles. The summed E-state index contributed by atoms with van der Waals surface area (Å²) in [5, 5.41) is 10.0. The minimum absolute atomic E-state index is 0.436. The van der Waals surface area contributed by atoms with Gasteiger partial charge in [-0.25, -0.2) is 4.98 Å². The second-order valence-corrected chi connectivity index (χ2v) is 2.98. The van der Waals surface area contributed by atoms with Crippen molar-refractivity contribution in [2.75, 3.05) is 6.54 Å². The smallest absolute Gasteiger partial charge is 0.138 e. The Hall–Kier alpha value is -0.580. The number of hydrogen-bond acceptors (Lipinski definition) is 3. The number of halogens is 1. The van der Waals surface area contributed by atoms with Gasteiger partial charge in [0.2, 0.25) is 0 Å². The Kier molecular flexibility index (Phi) is 3.08. The van der Waals surface area contributed by atoms with Gasteiger partial charge in [0.25, 0.3) is 0 Å². The lowest BCUT2D eigenvalue weighted by molar-refractivity contribution is 0.157. The van der Waals surface area contributed by atoms with Gasteiger partial charge in [0.15, 0.2) is 0 Å². The van der Waals surface area contributed by atoms with Gasteiger partial charge in [-0.05, 0) is 13.0 Å². The van der Waals surface area contributed by atoms with E-state index in [-0.39, 0.29) is 0 Å². The molecule has 3 N–H and O–H groups in total. The highest BCUT2D eigenvalue weighted by atomic mass is 35.5. The van der Waals surface area contributed by atoms with Gasteiger partial charge >= 0.3 is 0 Å². The zero-order valence-corrected chi connectivity index (χ0v) is 7.62. The third kappa shape index (κ3) is 1.77. The minimum Gasteiger partial charge on any atom is -0.385 e. The number of aliphatic hydroxyl groups excluding tert-OH is 1. The predicted octanol–water partition coefficient (Wildman–Crippen LogP) is 0.456. The highest BCUT2D eigenvalue weighted by molar-refractivity contribution is 6.29. The summed E-state index contributed by atoms with van der Waals surface area (Å²) in [4.78, 5) is 3.96. The first-order chi connectivity index (χ1) is 5.66. The fourth-order valence-corrected chi connectivity index (χ4v) is 1.13. The summed E-state index contributed by atoms with van der Waals surface area (Å²) in [5.74, 6) is 0.561. The molecule has 68 valence electrons. The third-order valence-electron chi connectivity index (χ3n) is 1.71. The predicted molar refractivity (Wildman–Crippen MR) is 46.8 cm³/mol. The van der Waals surface area contributed by atoms with Gasteiger partial charge in [0.1, 0.15) is 17.1 Å². The SMILES string of the molecule is Cn1c(Cl)cnc1C(O)CCN. The molecule has 12 heavy (non-hydrogen) atoms. The molecule has 0 aromatic carbocycles. The van der Waals surface area contributed by atoms with E-state index >= 15 is 0 Å². The molecule has 1 aromatic rings. The maximum atomic E-state index is 9.49. The number of rotatable bonds is 3. The van der Waals surface area contributed by atoms with Crippen LogP contribution in [0.3, 0.4) is 0 Å². The van der Waals surface area contributed by atoms with Crippen molar-refractivity contribution in [1.82, 2.24) is 9.55 Å². The molecule has 0 saturated heterocycles. The van der Waals surface area contributed by atoms with E-state index in [1.807, 2.05) is 0 Å². The zero-order chi connectivity index (χ0) is 9.14. The van der Waals surface area contributed by atoms with Crippen LogP contribution in [0.15, 0.2) is 6.20 Å². The standard InChI is InChI=1S/C7H12ClN3O/c1-11-6(8)4-10-7(11)5(12)2-3-9/h4-5,12H,2-3,9H2,1H3. The van der Waals surface area contributed by atoms with Gasteiger partial charge in [-0.1, -0.05) is 11.6 Å². The lowest BCUT2D eigenvalue weighted by Crippen LogP contribution is -2.11. The molecular formula is C7H12ClN3O. The highest BCUT2D eigenvalue weighted by Gasteiger charge is 2.13. The van der Waals surface area contributed by atoms with Gasteiger partial charge in [0.05, 0.1) is 6.20 Å². The van der Waals surface area contributed by atoms with E-state index in [0.717, 1.165) is 0 Å². The maximum absolute atomic E-state index is 9.49. The van der Waals surface area contributed by atoms with Crippen LogP contribution in [-0.2, 0) is 7.05 Å². The van der Waals surface area contributed by atoms with Crippen LogP contribution in [0.5, 0.6) is 0 Å². The summed E-state index contributed by atoms with van der Waals surface area (Å²) < 4.78 is 1.64. The molecule has 5 heteroatoms. The van der Waals surface area contributed by atoms with Gasteiger partial charge in [0, 0.05) is 7.05 Å². The second kappa shape index (κ2) is 3.89. The highest BCUT2D eigenvalue weighted by Crippen LogP contribution is 2.17. The molecule has 1 aromatic heterocycles. The summed E-state index contributed by atoms with van der Waals surface area (Å²) >= 11 is 5.73. The van der Waals surface area contributed by atoms with E-state index in [2.05, 4.69) is 4.98 Å². The Balaban J connectivity index is 2.80. The van der Waals surface area contributed by atoms with E-state index in [4.69, 9.17) is 17.3 Å². The van der Waals surface area contributed by atoms with Crippen LogP contribution in [0, 0.1) is 0 Å².